The minimum Gasteiger partial charge on any atom is -0.494 e. The van der Waals surface area contributed by atoms with Crippen LogP contribution in [0.2, 0.25) is 0 Å². The van der Waals surface area contributed by atoms with Gasteiger partial charge in [0, 0.05) is 34.1 Å². The summed E-state index contributed by atoms with van der Waals surface area (Å²) in [6.45, 7) is 2.51. The number of ether oxygens (including phenoxy) is 3. The lowest BCUT2D eigenvalue weighted by atomic mass is 9.84. The Balaban J connectivity index is 2.16. The first kappa shape index (κ1) is 17.6. The fourth-order valence-corrected chi connectivity index (χ4v) is 3.52. The molecular weight excluding hydrogens is 386 g/mol. The highest BCUT2D eigenvalue weighted by molar-refractivity contribution is 9.10. The molecule has 0 radical (unpaired) electrons. The number of anilines is 1. The van der Waals surface area contributed by atoms with Gasteiger partial charge in [0.1, 0.15) is 5.75 Å². The summed E-state index contributed by atoms with van der Waals surface area (Å²) >= 11 is 3.52. The summed E-state index contributed by atoms with van der Waals surface area (Å²) in [5.74, 6) is 1.85. The summed E-state index contributed by atoms with van der Waals surface area (Å²) in [6.07, 6.45) is 0.346. The van der Waals surface area contributed by atoms with Crippen LogP contribution in [-0.4, -0.2) is 26.7 Å². The fourth-order valence-electron chi connectivity index (χ4n) is 3.14. The van der Waals surface area contributed by atoms with Crippen LogP contribution in [0.4, 0.5) is 5.69 Å². The first-order valence-electron chi connectivity index (χ1n) is 8.05. The molecule has 5 nitrogen and oxygen atoms in total. The lowest BCUT2D eigenvalue weighted by Gasteiger charge is -2.28. The van der Waals surface area contributed by atoms with Crippen molar-refractivity contribution in [3.63, 3.8) is 0 Å². The highest BCUT2D eigenvalue weighted by Gasteiger charge is 2.30. The molecule has 0 aromatic heterocycles. The summed E-state index contributed by atoms with van der Waals surface area (Å²) in [6, 6.07) is 9.60. The Morgan fingerprint density at radius 2 is 1.80 bits per heavy atom. The van der Waals surface area contributed by atoms with E-state index < -0.39 is 0 Å². The zero-order valence-electron chi connectivity index (χ0n) is 14.4. The van der Waals surface area contributed by atoms with Crippen molar-refractivity contribution in [1.29, 1.82) is 0 Å². The molecule has 0 aliphatic carbocycles. The molecular formula is C19H20BrNO4. The summed E-state index contributed by atoms with van der Waals surface area (Å²) in [5.41, 5.74) is 2.69. The molecule has 0 bridgehead atoms. The highest BCUT2D eigenvalue weighted by atomic mass is 79.9. The van der Waals surface area contributed by atoms with Gasteiger partial charge in [0.05, 0.1) is 20.8 Å². The van der Waals surface area contributed by atoms with Crippen LogP contribution in [0.5, 0.6) is 17.2 Å². The lowest BCUT2D eigenvalue weighted by molar-refractivity contribution is -0.116. The van der Waals surface area contributed by atoms with E-state index in [4.69, 9.17) is 14.2 Å². The molecule has 2 aromatic carbocycles. The third kappa shape index (κ3) is 3.44. The molecule has 0 spiro atoms. The second-order valence-electron chi connectivity index (χ2n) is 5.71. The number of halogens is 1. The number of rotatable bonds is 5. The molecule has 25 heavy (non-hydrogen) atoms. The Hall–Kier alpha value is -2.21. The van der Waals surface area contributed by atoms with Crippen molar-refractivity contribution in [3.8, 4) is 17.2 Å². The van der Waals surface area contributed by atoms with Gasteiger partial charge in [-0.3, -0.25) is 4.79 Å². The van der Waals surface area contributed by atoms with Crippen LogP contribution in [0, 0.1) is 0 Å². The zero-order valence-corrected chi connectivity index (χ0v) is 16.0. The van der Waals surface area contributed by atoms with Gasteiger partial charge < -0.3 is 19.5 Å². The minimum absolute atomic E-state index is 0.0351. The van der Waals surface area contributed by atoms with E-state index in [1.807, 2.05) is 31.2 Å². The molecule has 3 rings (SSSR count). The van der Waals surface area contributed by atoms with Gasteiger partial charge >= 0.3 is 0 Å². The van der Waals surface area contributed by atoms with Crippen LogP contribution >= 0.6 is 15.9 Å². The van der Waals surface area contributed by atoms with E-state index in [0.717, 1.165) is 27.0 Å². The van der Waals surface area contributed by atoms with Crippen LogP contribution in [0.25, 0.3) is 0 Å². The highest BCUT2D eigenvalue weighted by Crippen LogP contribution is 2.45. The SMILES string of the molecule is CCOc1ccc(Br)cc1[C@H]1CC(=O)Nc2cc(OC)c(OC)cc21. The van der Waals surface area contributed by atoms with Crippen LogP contribution < -0.4 is 19.5 Å². The molecule has 1 amide bonds. The average molecular weight is 406 g/mol. The van der Waals surface area contributed by atoms with Gasteiger partial charge in [-0.15, -0.1) is 0 Å². The summed E-state index contributed by atoms with van der Waals surface area (Å²) in [5, 5.41) is 2.92. The Morgan fingerprint density at radius 1 is 1.08 bits per heavy atom. The monoisotopic (exact) mass is 405 g/mol. The number of carbonyl (C=O) groups excluding carboxylic acids is 1. The van der Waals surface area contributed by atoms with Crippen LogP contribution in [-0.2, 0) is 4.79 Å². The molecule has 0 saturated heterocycles. The Bertz CT molecular complexity index is 806. The third-order valence-electron chi connectivity index (χ3n) is 4.24. The van der Waals surface area contributed by atoms with Crippen molar-refractivity contribution in [2.24, 2.45) is 0 Å². The molecule has 1 aliphatic rings. The van der Waals surface area contributed by atoms with Gasteiger partial charge in [-0.2, -0.15) is 0 Å². The van der Waals surface area contributed by atoms with Crippen LogP contribution in [0.3, 0.4) is 0 Å². The van der Waals surface area contributed by atoms with Gasteiger partial charge in [0.2, 0.25) is 5.91 Å². The van der Waals surface area contributed by atoms with Crippen molar-refractivity contribution in [2.45, 2.75) is 19.3 Å². The quantitative estimate of drug-likeness (QED) is 0.803. The second kappa shape index (κ2) is 7.35. The predicted octanol–water partition coefficient (Wildman–Crippen LogP) is 4.34. The van der Waals surface area contributed by atoms with Crippen molar-refractivity contribution < 1.29 is 19.0 Å². The first-order chi connectivity index (χ1) is 12.1. The number of hydrogen-bond donors (Lipinski definition) is 1. The van der Waals surface area contributed by atoms with Gasteiger partial charge in [0.25, 0.3) is 0 Å². The summed E-state index contributed by atoms with van der Waals surface area (Å²) in [4.78, 5) is 12.3. The molecule has 0 saturated carbocycles. The van der Waals surface area contributed by atoms with E-state index in [1.54, 1.807) is 20.3 Å². The first-order valence-corrected chi connectivity index (χ1v) is 8.84. The number of benzene rings is 2. The molecule has 1 heterocycles. The maximum atomic E-state index is 12.3. The maximum absolute atomic E-state index is 12.3. The molecule has 1 atom stereocenters. The van der Waals surface area contributed by atoms with E-state index >= 15 is 0 Å². The number of fused-ring (bicyclic) bond motifs is 1. The third-order valence-corrected chi connectivity index (χ3v) is 4.74. The smallest absolute Gasteiger partial charge is 0.225 e. The standard InChI is InChI=1S/C19H20BrNO4/c1-4-25-16-6-5-11(20)7-14(16)12-9-19(22)21-15-10-18(24-3)17(23-2)8-13(12)15/h5-8,10,12H,4,9H2,1-3H3,(H,21,22)/t12-/m0/s1. The van der Waals surface area contributed by atoms with Gasteiger partial charge in [-0.05, 0) is 36.8 Å². The van der Waals surface area contributed by atoms with Gasteiger partial charge in [-0.1, -0.05) is 15.9 Å². The number of methoxy groups -OCH3 is 2. The van der Waals surface area contributed by atoms with E-state index in [1.165, 1.54) is 0 Å². The molecule has 1 N–H and O–H groups in total. The number of carbonyl (C=O) groups is 1. The number of nitrogens with one attached hydrogen (secondary N) is 1. The van der Waals surface area contributed by atoms with Crippen LogP contribution in [0.15, 0.2) is 34.8 Å². The Labute approximate surface area is 155 Å². The van der Waals surface area contributed by atoms with Crippen molar-refractivity contribution in [2.75, 3.05) is 26.1 Å². The van der Waals surface area contributed by atoms with E-state index in [0.29, 0.717) is 24.5 Å². The largest absolute Gasteiger partial charge is 0.494 e. The maximum Gasteiger partial charge on any atom is 0.225 e. The van der Waals surface area contributed by atoms with Crippen molar-refractivity contribution in [1.82, 2.24) is 0 Å². The van der Waals surface area contributed by atoms with E-state index in [2.05, 4.69) is 21.2 Å². The number of amides is 1. The summed E-state index contributed by atoms with van der Waals surface area (Å²) < 4.78 is 17.5. The van der Waals surface area contributed by atoms with Crippen LogP contribution in [0.1, 0.15) is 30.4 Å². The minimum atomic E-state index is -0.123. The van der Waals surface area contributed by atoms with E-state index in [9.17, 15) is 4.79 Å². The molecule has 0 unspecified atom stereocenters. The topological polar surface area (TPSA) is 56.8 Å². The lowest BCUT2D eigenvalue weighted by Crippen LogP contribution is -2.24. The van der Waals surface area contributed by atoms with Crippen molar-refractivity contribution >= 4 is 27.5 Å². The van der Waals surface area contributed by atoms with Gasteiger partial charge in [0.15, 0.2) is 11.5 Å². The fraction of sp³-hybridized carbons (Fsp3) is 0.316. The Kier molecular flexibility index (Phi) is 5.18. The zero-order chi connectivity index (χ0) is 18.0. The molecule has 2 aromatic rings. The Morgan fingerprint density at radius 3 is 2.48 bits per heavy atom. The molecule has 1 aliphatic heterocycles. The average Bonchev–Trinajstić information content (AvgIpc) is 2.61. The van der Waals surface area contributed by atoms with E-state index in [-0.39, 0.29) is 11.8 Å². The number of hydrogen-bond acceptors (Lipinski definition) is 4. The predicted molar refractivity (Wildman–Crippen MR) is 99.9 cm³/mol. The molecule has 132 valence electrons. The second-order valence-corrected chi connectivity index (χ2v) is 6.63. The molecule has 0 fully saturated rings. The summed E-state index contributed by atoms with van der Waals surface area (Å²) in [7, 11) is 3.18. The van der Waals surface area contributed by atoms with Gasteiger partial charge in [-0.25, -0.2) is 0 Å². The normalized spacial score (nSPS) is 16.0. The van der Waals surface area contributed by atoms with Crippen molar-refractivity contribution in [3.05, 3.63) is 45.9 Å². The molecule has 6 heteroatoms.